The highest BCUT2D eigenvalue weighted by atomic mass is 16.1. The van der Waals surface area contributed by atoms with Gasteiger partial charge in [0.05, 0.1) is 17.8 Å². The predicted molar refractivity (Wildman–Crippen MR) is 109 cm³/mol. The zero-order valence-electron chi connectivity index (χ0n) is 16.1. The lowest BCUT2D eigenvalue weighted by Crippen LogP contribution is -2.07. The van der Waals surface area contributed by atoms with Gasteiger partial charge in [0.15, 0.2) is 5.78 Å². The molecule has 4 nitrogen and oxygen atoms in total. The van der Waals surface area contributed by atoms with Crippen LogP contribution in [-0.2, 0) is 13.0 Å². The van der Waals surface area contributed by atoms with Gasteiger partial charge >= 0.3 is 0 Å². The molecule has 0 saturated carbocycles. The molecule has 1 heterocycles. The average molecular weight is 359 g/mol. The van der Waals surface area contributed by atoms with Crippen molar-refractivity contribution in [1.82, 2.24) is 9.78 Å². The van der Waals surface area contributed by atoms with E-state index in [1.807, 2.05) is 61.0 Å². The zero-order chi connectivity index (χ0) is 19.4. The molecule has 4 heteroatoms. The minimum absolute atomic E-state index is 0.136. The Bertz CT molecular complexity index is 953. The van der Waals surface area contributed by atoms with Gasteiger partial charge in [-0.05, 0) is 43.9 Å². The molecular weight excluding hydrogens is 334 g/mol. The summed E-state index contributed by atoms with van der Waals surface area (Å²) in [4.78, 5) is 12.8. The van der Waals surface area contributed by atoms with E-state index in [1.54, 1.807) is 6.92 Å². The number of nitrogens with one attached hydrogen (secondary N) is 1. The zero-order valence-corrected chi connectivity index (χ0v) is 16.1. The number of Topliss-reactive ketones (excluding diaryl/α,β-unsaturated/α-hetero) is 1. The first kappa shape index (κ1) is 18.8. The van der Waals surface area contributed by atoms with Gasteiger partial charge in [-0.1, -0.05) is 54.6 Å². The number of hydrogen-bond donors (Lipinski definition) is 1. The highest BCUT2D eigenvalue weighted by molar-refractivity contribution is 5.98. The SMILES string of the molecule is CC(=N)c1ccc(CCC(=O)c2c(C)nn(Cc3ccccc3)c2C)cc1. The van der Waals surface area contributed by atoms with E-state index in [1.165, 1.54) is 5.56 Å². The molecule has 0 amide bonds. The van der Waals surface area contributed by atoms with E-state index in [2.05, 4.69) is 17.2 Å². The highest BCUT2D eigenvalue weighted by Crippen LogP contribution is 2.18. The highest BCUT2D eigenvalue weighted by Gasteiger charge is 2.18. The van der Waals surface area contributed by atoms with Crippen LogP contribution in [0.5, 0.6) is 0 Å². The van der Waals surface area contributed by atoms with E-state index in [4.69, 9.17) is 5.41 Å². The van der Waals surface area contributed by atoms with Gasteiger partial charge < -0.3 is 5.41 Å². The van der Waals surface area contributed by atoms with E-state index in [0.29, 0.717) is 25.1 Å². The van der Waals surface area contributed by atoms with E-state index in [0.717, 1.165) is 28.1 Å². The summed E-state index contributed by atoms with van der Waals surface area (Å²) in [7, 11) is 0. The summed E-state index contributed by atoms with van der Waals surface area (Å²) in [6.45, 7) is 6.32. The van der Waals surface area contributed by atoms with Gasteiger partial charge in [-0.2, -0.15) is 5.10 Å². The third-order valence-corrected chi connectivity index (χ3v) is 4.86. The summed E-state index contributed by atoms with van der Waals surface area (Å²) in [6, 6.07) is 18.0. The summed E-state index contributed by atoms with van der Waals surface area (Å²) in [5, 5.41) is 12.2. The van der Waals surface area contributed by atoms with Crippen LogP contribution in [0.1, 0.15) is 51.8 Å². The molecule has 3 aromatic rings. The molecule has 0 bridgehead atoms. The van der Waals surface area contributed by atoms with Crippen LogP contribution in [0, 0.1) is 19.3 Å². The number of carbonyl (C=O) groups excluding carboxylic acids is 1. The molecule has 0 fully saturated rings. The number of aryl methyl sites for hydroxylation is 2. The van der Waals surface area contributed by atoms with E-state index in [9.17, 15) is 4.79 Å². The second-order valence-corrected chi connectivity index (χ2v) is 6.93. The number of hydrogen-bond acceptors (Lipinski definition) is 3. The first-order valence-corrected chi connectivity index (χ1v) is 9.21. The fourth-order valence-corrected chi connectivity index (χ4v) is 3.32. The molecular formula is C23H25N3O. The van der Waals surface area contributed by atoms with Crippen molar-refractivity contribution in [2.75, 3.05) is 0 Å². The maximum Gasteiger partial charge on any atom is 0.166 e. The third-order valence-electron chi connectivity index (χ3n) is 4.86. The summed E-state index contributed by atoms with van der Waals surface area (Å²) >= 11 is 0. The molecule has 1 aromatic heterocycles. The van der Waals surface area contributed by atoms with Crippen molar-refractivity contribution in [1.29, 1.82) is 5.41 Å². The fraction of sp³-hybridized carbons (Fsp3) is 0.261. The van der Waals surface area contributed by atoms with Crippen LogP contribution in [0.25, 0.3) is 0 Å². The quantitative estimate of drug-likeness (QED) is 0.489. The molecule has 27 heavy (non-hydrogen) atoms. The van der Waals surface area contributed by atoms with Crippen molar-refractivity contribution in [2.45, 2.75) is 40.2 Å². The Kier molecular flexibility index (Phi) is 5.65. The third kappa shape index (κ3) is 4.40. The van der Waals surface area contributed by atoms with Gasteiger partial charge in [0.2, 0.25) is 0 Å². The molecule has 0 aliphatic carbocycles. The summed E-state index contributed by atoms with van der Waals surface area (Å²) in [5.74, 6) is 0.136. The van der Waals surface area contributed by atoms with Crippen LogP contribution in [0.2, 0.25) is 0 Å². The molecule has 2 aromatic carbocycles. The monoisotopic (exact) mass is 359 g/mol. The first-order chi connectivity index (χ1) is 13.0. The van der Waals surface area contributed by atoms with Crippen molar-refractivity contribution >= 4 is 11.5 Å². The van der Waals surface area contributed by atoms with Crippen molar-refractivity contribution in [3.05, 3.63) is 88.2 Å². The van der Waals surface area contributed by atoms with Crippen LogP contribution in [0.4, 0.5) is 0 Å². The lowest BCUT2D eigenvalue weighted by molar-refractivity contribution is 0.0981. The second kappa shape index (κ2) is 8.12. The number of aromatic nitrogens is 2. The Morgan fingerprint density at radius 3 is 2.30 bits per heavy atom. The van der Waals surface area contributed by atoms with Gasteiger partial charge in [-0.15, -0.1) is 0 Å². The summed E-state index contributed by atoms with van der Waals surface area (Å²) in [6.07, 6.45) is 1.15. The molecule has 0 saturated heterocycles. The first-order valence-electron chi connectivity index (χ1n) is 9.21. The summed E-state index contributed by atoms with van der Waals surface area (Å²) in [5.41, 5.74) is 6.22. The maximum absolute atomic E-state index is 12.8. The van der Waals surface area contributed by atoms with Gasteiger partial charge in [0, 0.05) is 17.8 Å². The molecule has 3 rings (SSSR count). The summed E-state index contributed by atoms with van der Waals surface area (Å²) < 4.78 is 1.92. The van der Waals surface area contributed by atoms with E-state index in [-0.39, 0.29) is 5.78 Å². The number of rotatable bonds is 7. The van der Waals surface area contributed by atoms with Crippen LogP contribution in [0.15, 0.2) is 54.6 Å². The molecule has 0 aliphatic rings. The second-order valence-electron chi connectivity index (χ2n) is 6.93. The fourth-order valence-electron chi connectivity index (χ4n) is 3.32. The van der Waals surface area contributed by atoms with Crippen molar-refractivity contribution in [3.63, 3.8) is 0 Å². The van der Waals surface area contributed by atoms with Crippen LogP contribution >= 0.6 is 0 Å². The maximum atomic E-state index is 12.8. The molecule has 1 N–H and O–H groups in total. The number of nitrogens with zero attached hydrogens (tertiary/aromatic N) is 2. The van der Waals surface area contributed by atoms with Crippen LogP contribution in [-0.4, -0.2) is 21.3 Å². The van der Waals surface area contributed by atoms with Crippen molar-refractivity contribution in [2.24, 2.45) is 0 Å². The Hall–Kier alpha value is -3.01. The largest absolute Gasteiger partial charge is 0.305 e. The molecule has 0 spiro atoms. The predicted octanol–water partition coefficient (Wildman–Crippen LogP) is 4.75. The minimum Gasteiger partial charge on any atom is -0.305 e. The Morgan fingerprint density at radius 1 is 1.00 bits per heavy atom. The Labute approximate surface area is 160 Å². The van der Waals surface area contributed by atoms with Crippen LogP contribution in [0.3, 0.4) is 0 Å². The topological polar surface area (TPSA) is 58.7 Å². The van der Waals surface area contributed by atoms with Gasteiger partial charge in [-0.25, -0.2) is 0 Å². The molecule has 138 valence electrons. The standard InChI is InChI=1S/C23H25N3O/c1-16(24)21-12-9-19(10-13-21)11-14-22(27)23-17(2)25-26(18(23)3)15-20-7-5-4-6-8-20/h4-10,12-13,24H,11,14-15H2,1-3H3. The number of carbonyl (C=O) groups is 1. The van der Waals surface area contributed by atoms with E-state index >= 15 is 0 Å². The van der Waals surface area contributed by atoms with E-state index < -0.39 is 0 Å². The molecule has 0 atom stereocenters. The Morgan fingerprint density at radius 2 is 1.67 bits per heavy atom. The molecule has 0 unspecified atom stereocenters. The smallest absolute Gasteiger partial charge is 0.166 e. The van der Waals surface area contributed by atoms with Gasteiger partial charge in [0.1, 0.15) is 0 Å². The van der Waals surface area contributed by atoms with Gasteiger partial charge in [-0.3, -0.25) is 9.48 Å². The van der Waals surface area contributed by atoms with Crippen molar-refractivity contribution < 1.29 is 4.79 Å². The minimum atomic E-state index is 0.136. The normalized spacial score (nSPS) is 10.8. The van der Waals surface area contributed by atoms with Crippen LogP contribution < -0.4 is 0 Å². The van der Waals surface area contributed by atoms with Crippen molar-refractivity contribution in [3.8, 4) is 0 Å². The lowest BCUT2D eigenvalue weighted by atomic mass is 10.00. The van der Waals surface area contributed by atoms with Gasteiger partial charge in [0.25, 0.3) is 0 Å². The molecule has 0 radical (unpaired) electrons. The Balaban J connectivity index is 1.70. The number of benzene rings is 2. The molecule has 0 aliphatic heterocycles. The lowest BCUT2D eigenvalue weighted by Gasteiger charge is -2.06. The number of ketones is 1. The average Bonchev–Trinajstić information content (AvgIpc) is 2.94.